The number of benzene rings is 3. The summed E-state index contributed by atoms with van der Waals surface area (Å²) in [4.78, 5) is 13.0. The number of nitrogens with zero attached hydrogens (tertiary/aromatic N) is 1. The van der Waals surface area contributed by atoms with Gasteiger partial charge in [-0.2, -0.15) is 4.31 Å². The first-order valence-corrected chi connectivity index (χ1v) is 10.7. The lowest BCUT2D eigenvalue weighted by Gasteiger charge is -2.23. The highest BCUT2D eigenvalue weighted by molar-refractivity contribution is 7.93. The van der Waals surface area contributed by atoms with Gasteiger partial charge in [-0.15, -0.1) is 0 Å². The minimum absolute atomic E-state index is 0.0302. The van der Waals surface area contributed by atoms with E-state index in [4.69, 9.17) is 16.3 Å². The van der Waals surface area contributed by atoms with Crippen LogP contribution in [0.4, 0.5) is 5.69 Å². The molecule has 0 aliphatic rings. The molecule has 0 saturated carbocycles. The third-order valence-corrected chi connectivity index (χ3v) is 6.46. The molecule has 0 bridgehead atoms. The molecule has 7 heteroatoms. The average Bonchev–Trinajstić information content (AvgIpc) is 2.70. The summed E-state index contributed by atoms with van der Waals surface area (Å²) in [5.41, 5.74) is 1.96. The second-order valence-corrected chi connectivity index (χ2v) is 8.71. The van der Waals surface area contributed by atoms with Crippen LogP contribution in [-0.4, -0.2) is 20.9 Å². The number of carbonyl (C=O) groups excluding carboxylic acids is 1. The molecule has 0 aromatic heterocycles. The zero-order valence-corrected chi connectivity index (χ0v) is 17.6. The number of halogens is 1. The van der Waals surface area contributed by atoms with Crippen molar-refractivity contribution >= 4 is 33.2 Å². The van der Waals surface area contributed by atoms with Crippen LogP contribution in [-0.2, 0) is 14.8 Å². The minimum Gasteiger partial charge on any atom is -0.484 e. The fourth-order valence-electron chi connectivity index (χ4n) is 2.71. The summed E-state index contributed by atoms with van der Waals surface area (Å²) in [5.74, 6) is -0.273. The Kier molecular flexibility index (Phi) is 6.25. The lowest BCUT2D eigenvalue weighted by Crippen LogP contribution is -2.40. The molecule has 0 spiro atoms. The standard InChI is InChI=1S/C22H20ClNO4S/c1-16-8-11-20(12-9-16)29(26,27)24(18-6-4-3-5-7-18)22(25)15-28-19-10-13-21(23)17(2)14-19/h3-14H,15H2,1-2H3. The van der Waals surface area contributed by atoms with E-state index in [0.717, 1.165) is 15.4 Å². The third-order valence-electron chi connectivity index (χ3n) is 4.27. The molecule has 29 heavy (non-hydrogen) atoms. The molecule has 0 aliphatic heterocycles. The maximum Gasteiger partial charge on any atom is 0.278 e. The van der Waals surface area contributed by atoms with Crippen LogP contribution in [0.2, 0.25) is 5.02 Å². The van der Waals surface area contributed by atoms with E-state index in [2.05, 4.69) is 0 Å². The van der Waals surface area contributed by atoms with Crippen molar-refractivity contribution in [2.45, 2.75) is 18.7 Å². The normalized spacial score (nSPS) is 11.1. The Balaban J connectivity index is 1.92. The van der Waals surface area contributed by atoms with Crippen LogP contribution in [0, 0.1) is 13.8 Å². The molecule has 0 unspecified atom stereocenters. The summed E-state index contributed by atoms with van der Waals surface area (Å²) >= 11 is 6.00. The van der Waals surface area contributed by atoms with E-state index in [-0.39, 0.29) is 10.6 Å². The average molecular weight is 430 g/mol. The number of rotatable bonds is 6. The zero-order valence-electron chi connectivity index (χ0n) is 16.0. The van der Waals surface area contributed by atoms with Gasteiger partial charge in [-0.05, 0) is 61.9 Å². The summed E-state index contributed by atoms with van der Waals surface area (Å²) in [6, 6.07) is 19.5. The highest BCUT2D eigenvalue weighted by Gasteiger charge is 2.31. The van der Waals surface area contributed by atoms with Gasteiger partial charge in [0.1, 0.15) is 5.75 Å². The van der Waals surface area contributed by atoms with Crippen molar-refractivity contribution in [2.75, 3.05) is 10.9 Å². The van der Waals surface area contributed by atoms with E-state index in [1.165, 1.54) is 12.1 Å². The van der Waals surface area contributed by atoms with Crippen LogP contribution in [0.15, 0.2) is 77.7 Å². The van der Waals surface area contributed by atoms with Crippen molar-refractivity contribution in [2.24, 2.45) is 0 Å². The molecule has 150 valence electrons. The van der Waals surface area contributed by atoms with Gasteiger partial charge in [0, 0.05) is 5.02 Å². The van der Waals surface area contributed by atoms with E-state index in [0.29, 0.717) is 10.8 Å². The molecule has 0 heterocycles. The highest BCUT2D eigenvalue weighted by atomic mass is 35.5. The van der Waals surface area contributed by atoms with E-state index in [1.54, 1.807) is 60.7 Å². The summed E-state index contributed by atoms with van der Waals surface area (Å²) in [7, 11) is -4.11. The van der Waals surface area contributed by atoms with Crippen LogP contribution in [0.5, 0.6) is 5.75 Å². The smallest absolute Gasteiger partial charge is 0.278 e. The van der Waals surface area contributed by atoms with Gasteiger partial charge in [-0.25, -0.2) is 8.42 Å². The molecule has 0 aliphatic carbocycles. The molecule has 5 nitrogen and oxygen atoms in total. The van der Waals surface area contributed by atoms with Crippen molar-refractivity contribution in [3.63, 3.8) is 0 Å². The SMILES string of the molecule is Cc1ccc(S(=O)(=O)N(C(=O)COc2ccc(Cl)c(C)c2)c2ccccc2)cc1. The number of anilines is 1. The number of ether oxygens (including phenoxy) is 1. The van der Waals surface area contributed by atoms with Gasteiger partial charge in [0.25, 0.3) is 15.9 Å². The van der Waals surface area contributed by atoms with Gasteiger partial charge >= 0.3 is 0 Å². The molecule has 3 aromatic rings. The van der Waals surface area contributed by atoms with Gasteiger partial charge in [-0.3, -0.25) is 4.79 Å². The summed E-state index contributed by atoms with van der Waals surface area (Å²) in [5, 5.41) is 0.580. The molecule has 0 N–H and O–H groups in total. The molecular weight excluding hydrogens is 410 g/mol. The monoisotopic (exact) mass is 429 g/mol. The first-order chi connectivity index (χ1) is 13.8. The number of sulfonamides is 1. The van der Waals surface area contributed by atoms with Crippen molar-refractivity contribution in [1.82, 2.24) is 0 Å². The lowest BCUT2D eigenvalue weighted by atomic mass is 10.2. The molecule has 0 radical (unpaired) electrons. The molecular formula is C22H20ClNO4S. The highest BCUT2D eigenvalue weighted by Crippen LogP contribution is 2.25. The molecule has 0 saturated heterocycles. The number of amides is 1. The Morgan fingerprint density at radius 3 is 2.24 bits per heavy atom. The quantitative estimate of drug-likeness (QED) is 0.566. The van der Waals surface area contributed by atoms with Crippen molar-refractivity contribution in [3.05, 3.63) is 88.9 Å². The maximum absolute atomic E-state index is 13.2. The molecule has 3 rings (SSSR count). The Hall–Kier alpha value is -2.83. The van der Waals surface area contributed by atoms with Gasteiger partial charge in [0.15, 0.2) is 6.61 Å². The first kappa shape index (κ1) is 20.9. The number of aryl methyl sites for hydroxylation is 2. The third kappa shape index (κ3) is 4.78. The summed E-state index contributed by atoms with van der Waals surface area (Å²) < 4.78 is 32.8. The predicted molar refractivity (Wildman–Crippen MR) is 114 cm³/mol. The van der Waals surface area contributed by atoms with Crippen molar-refractivity contribution in [3.8, 4) is 5.75 Å². The van der Waals surface area contributed by atoms with E-state index >= 15 is 0 Å². The van der Waals surface area contributed by atoms with E-state index in [1.807, 2.05) is 13.8 Å². The maximum atomic E-state index is 13.2. The van der Waals surface area contributed by atoms with Crippen LogP contribution in [0.25, 0.3) is 0 Å². The zero-order chi connectivity index (χ0) is 21.0. The molecule has 1 amide bonds. The largest absolute Gasteiger partial charge is 0.484 e. The fraction of sp³-hybridized carbons (Fsp3) is 0.136. The molecule has 0 fully saturated rings. The molecule has 0 atom stereocenters. The lowest BCUT2D eigenvalue weighted by molar-refractivity contribution is -0.119. The van der Waals surface area contributed by atoms with Crippen molar-refractivity contribution < 1.29 is 17.9 Å². The van der Waals surface area contributed by atoms with Gasteiger partial charge in [0.05, 0.1) is 10.6 Å². The summed E-state index contributed by atoms with van der Waals surface area (Å²) in [6.07, 6.45) is 0. The van der Waals surface area contributed by atoms with E-state index < -0.39 is 22.5 Å². The van der Waals surface area contributed by atoms with Crippen LogP contribution >= 0.6 is 11.6 Å². The van der Waals surface area contributed by atoms with Crippen LogP contribution < -0.4 is 9.04 Å². The van der Waals surface area contributed by atoms with E-state index in [9.17, 15) is 13.2 Å². The number of hydrogen-bond donors (Lipinski definition) is 0. The number of hydrogen-bond acceptors (Lipinski definition) is 4. The summed E-state index contributed by atoms with van der Waals surface area (Å²) in [6.45, 7) is 3.23. The number of carbonyl (C=O) groups is 1. The van der Waals surface area contributed by atoms with Crippen molar-refractivity contribution in [1.29, 1.82) is 0 Å². The van der Waals surface area contributed by atoms with Gasteiger partial charge in [0.2, 0.25) is 0 Å². The first-order valence-electron chi connectivity index (χ1n) is 8.88. The van der Waals surface area contributed by atoms with Gasteiger partial charge < -0.3 is 4.74 Å². The Bertz CT molecular complexity index is 1110. The predicted octanol–water partition coefficient (Wildman–Crippen LogP) is 4.76. The van der Waals surface area contributed by atoms with Crippen LogP contribution in [0.3, 0.4) is 0 Å². The second-order valence-electron chi connectivity index (χ2n) is 6.51. The topological polar surface area (TPSA) is 63.7 Å². The second kappa shape index (κ2) is 8.68. The molecule has 3 aromatic carbocycles. The Labute approximate surface area is 175 Å². The van der Waals surface area contributed by atoms with Gasteiger partial charge in [-0.1, -0.05) is 47.5 Å². The fourth-order valence-corrected chi connectivity index (χ4v) is 4.23. The Morgan fingerprint density at radius 1 is 0.966 bits per heavy atom. The Morgan fingerprint density at radius 2 is 1.62 bits per heavy atom. The number of para-hydroxylation sites is 1. The van der Waals surface area contributed by atoms with Crippen LogP contribution in [0.1, 0.15) is 11.1 Å². The minimum atomic E-state index is -4.11.